The SMILES string of the molecule is COc1ccc(OC)c2c1CN(Cc1nnc(C(C)(C)C)o1)C[C@H]2O. The van der Waals surface area contributed by atoms with Crippen molar-refractivity contribution >= 4 is 0 Å². The summed E-state index contributed by atoms with van der Waals surface area (Å²) in [6.45, 7) is 7.64. The molecule has 1 atom stereocenters. The minimum atomic E-state index is -0.668. The Morgan fingerprint density at radius 3 is 2.48 bits per heavy atom. The highest BCUT2D eigenvalue weighted by atomic mass is 16.5. The summed E-state index contributed by atoms with van der Waals surface area (Å²) in [7, 11) is 3.23. The van der Waals surface area contributed by atoms with Crippen LogP contribution in [0.2, 0.25) is 0 Å². The number of ether oxygens (including phenoxy) is 2. The first-order valence-corrected chi connectivity index (χ1v) is 8.30. The number of aliphatic hydroxyl groups is 1. The highest BCUT2D eigenvalue weighted by Crippen LogP contribution is 2.39. The number of fused-ring (bicyclic) bond motifs is 1. The van der Waals surface area contributed by atoms with Gasteiger partial charge in [0.15, 0.2) is 0 Å². The average Bonchev–Trinajstić information content (AvgIpc) is 3.02. The summed E-state index contributed by atoms with van der Waals surface area (Å²) in [6, 6.07) is 3.68. The highest BCUT2D eigenvalue weighted by Gasteiger charge is 2.31. The fourth-order valence-electron chi connectivity index (χ4n) is 3.08. The third kappa shape index (κ3) is 3.48. The second kappa shape index (κ2) is 6.65. The van der Waals surface area contributed by atoms with Crippen LogP contribution in [0.3, 0.4) is 0 Å². The summed E-state index contributed by atoms with van der Waals surface area (Å²) < 4.78 is 16.6. The molecule has 0 bridgehead atoms. The molecule has 1 N–H and O–H groups in total. The Bertz CT molecular complexity index is 751. The minimum Gasteiger partial charge on any atom is -0.496 e. The van der Waals surface area contributed by atoms with Gasteiger partial charge < -0.3 is 19.0 Å². The Morgan fingerprint density at radius 2 is 1.88 bits per heavy atom. The molecule has 0 spiro atoms. The van der Waals surface area contributed by atoms with Gasteiger partial charge in [-0.2, -0.15) is 0 Å². The molecule has 0 unspecified atom stereocenters. The molecular formula is C18H25N3O4. The first-order chi connectivity index (χ1) is 11.8. The standard InChI is InChI=1S/C18H25N3O4/c1-18(2,3)17-20-19-15(25-17)10-21-8-11-13(23-4)6-7-14(24-5)16(11)12(22)9-21/h6-7,12,22H,8-10H2,1-5H3/t12-/m1/s1. The van der Waals surface area contributed by atoms with Crippen LogP contribution in [0.25, 0.3) is 0 Å². The maximum Gasteiger partial charge on any atom is 0.230 e. The fourth-order valence-corrected chi connectivity index (χ4v) is 3.08. The van der Waals surface area contributed by atoms with E-state index in [1.807, 2.05) is 32.9 Å². The number of methoxy groups -OCH3 is 2. The number of aliphatic hydroxyl groups excluding tert-OH is 1. The van der Waals surface area contributed by atoms with E-state index in [9.17, 15) is 5.11 Å². The Balaban J connectivity index is 1.85. The van der Waals surface area contributed by atoms with Gasteiger partial charge >= 0.3 is 0 Å². The minimum absolute atomic E-state index is 0.185. The van der Waals surface area contributed by atoms with Gasteiger partial charge in [0.25, 0.3) is 0 Å². The van der Waals surface area contributed by atoms with Gasteiger partial charge in [-0.25, -0.2) is 0 Å². The van der Waals surface area contributed by atoms with Crippen molar-refractivity contribution in [3.05, 3.63) is 35.0 Å². The molecule has 1 aliphatic heterocycles. The lowest BCUT2D eigenvalue weighted by atomic mass is 9.95. The van der Waals surface area contributed by atoms with Gasteiger partial charge in [0.1, 0.15) is 11.5 Å². The summed E-state index contributed by atoms with van der Waals surface area (Å²) in [5.74, 6) is 2.57. The second-order valence-corrected chi connectivity index (χ2v) is 7.30. The first-order valence-electron chi connectivity index (χ1n) is 8.30. The molecule has 2 aromatic rings. The lowest BCUT2D eigenvalue weighted by Gasteiger charge is -2.33. The van der Waals surface area contributed by atoms with Crippen LogP contribution in [0.4, 0.5) is 0 Å². The highest BCUT2D eigenvalue weighted by molar-refractivity contribution is 5.51. The van der Waals surface area contributed by atoms with Crippen molar-refractivity contribution in [1.29, 1.82) is 0 Å². The van der Waals surface area contributed by atoms with E-state index in [1.54, 1.807) is 14.2 Å². The van der Waals surface area contributed by atoms with E-state index in [1.165, 1.54) is 0 Å². The Kier molecular flexibility index (Phi) is 4.71. The number of rotatable bonds is 4. The van der Waals surface area contributed by atoms with Gasteiger partial charge in [-0.1, -0.05) is 20.8 Å². The molecule has 136 valence electrons. The largest absolute Gasteiger partial charge is 0.496 e. The van der Waals surface area contributed by atoms with Crippen molar-refractivity contribution in [3.8, 4) is 11.5 Å². The number of nitrogens with zero attached hydrogens (tertiary/aromatic N) is 3. The average molecular weight is 347 g/mol. The molecule has 7 nitrogen and oxygen atoms in total. The molecule has 7 heteroatoms. The van der Waals surface area contributed by atoms with E-state index in [4.69, 9.17) is 13.9 Å². The first kappa shape index (κ1) is 17.7. The maximum atomic E-state index is 10.6. The Labute approximate surface area is 147 Å². The van der Waals surface area contributed by atoms with Crippen LogP contribution < -0.4 is 9.47 Å². The van der Waals surface area contributed by atoms with Crippen LogP contribution in [-0.2, 0) is 18.5 Å². The van der Waals surface area contributed by atoms with Crippen molar-refractivity contribution in [2.24, 2.45) is 0 Å². The molecule has 0 saturated heterocycles. The molecule has 2 heterocycles. The zero-order chi connectivity index (χ0) is 18.2. The smallest absolute Gasteiger partial charge is 0.230 e. The van der Waals surface area contributed by atoms with Crippen LogP contribution >= 0.6 is 0 Å². The van der Waals surface area contributed by atoms with Crippen molar-refractivity contribution in [1.82, 2.24) is 15.1 Å². The van der Waals surface area contributed by atoms with Crippen LogP contribution in [0, 0.1) is 0 Å². The predicted molar refractivity (Wildman–Crippen MR) is 91.6 cm³/mol. The Hall–Kier alpha value is -2.12. The summed E-state index contributed by atoms with van der Waals surface area (Å²) in [4.78, 5) is 2.06. The molecule has 0 aliphatic carbocycles. The monoisotopic (exact) mass is 347 g/mol. The molecule has 3 rings (SSSR count). The molecular weight excluding hydrogens is 322 g/mol. The Morgan fingerprint density at radius 1 is 1.20 bits per heavy atom. The van der Waals surface area contributed by atoms with Crippen LogP contribution in [0.1, 0.15) is 49.8 Å². The van der Waals surface area contributed by atoms with E-state index in [2.05, 4.69) is 15.1 Å². The third-order valence-corrected chi connectivity index (χ3v) is 4.33. The third-order valence-electron chi connectivity index (χ3n) is 4.33. The second-order valence-electron chi connectivity index (χ2n) is 7.30. The zero-order valence-electron chi connectivity index (χ0n) is 15.4. The van der Waals surface area contributed by atoms with Gasteiger partial charge in [0.05, 0.1) is 26.9 Å². The van der Waals surface area contributed by atoms with Gasteiger partial charge in [-0.15, -0.1) is 10.2 Å². The molecule has 0 fully saturated rings. The van der Waals surface area contributed by atoms with E-state index >= 15 is 0 Å². The van der Waals surface area contributed by atoms with Crippen molar-refractivity contribution in [2.45, 2.75) is 45.4 Å². The summed E-state index contributed by atoms with van der Waals surface area (Å²) in [5, 5.41) is 18.9. The topological polar surface area (TPSA) is 80.9 Å². The molecule has 25 heavy (non-hydrogen) atoms. The number of aromatic nitrogens is 2. The molecule has 0 saturated carbocycles. The number of hydrogen-bond donors (Lipinski definition) is 1. The van der Waals surface area contributed by atoms with Crippen molar-refractivity contribution in [3.63, 3.8) is 0 Å². The fraction of sp³-hybridized carbons (Fsp3) is 0.556. The van der Waals surface area contributed by atoms with Crippen LogP contribution in [0.15, 0.2) is 16.5 Å². The lowest BCUT2D eigenvalue weighted by molar-refractivity contribution is 0.0788. The number of benzene rings is 1. The van der Waals surface area contributed by atoms with Gasteiger partial charge in [-0.05, 0) is 12.1 Å². The van der Waals surface area contributed by atoms with E-state index in [0.717, 1.165) is 16.9 Å². The quantitative estimate of drug-likeness (QED) is 0.909. The van der Waals surface area contributed by atoms with Crippen LogP contribution in [-0.4, -0.2) is 41.0 Å². The molecule has 0 amide bonds. The van der Waals surface area contributed by atoms with Gasteiger partial charge in [-0.3, -0.25) is 4.90 Å². The molecule has 1 aliphatic rings. The molecule has 1 aromatic carbocycles. The van der Waals surface area contributed by atoms with Crippen molar-refractivity contribution in [2.75, 3.05) is 20.8 Å². The summed E-state index contributed by atoms with van der Waals surface area (Å²) in [6.07, 6.45) is -0.668. The normalized spacial score (nSPS) is 18.1. The molecule has 0 radical (unpaired) electrons. The molecule has 1 aromatic heterocycles. The summed E-state index contributed by atoms with van der Waals surface area (Å²) >= 11 is 0. The number of hydrogen-bond acceptors (Lipinski definition) is 7. The zero-order valence-corrected chi connectivity index (χ0v) is 15.4. The van der Waals surface area contributed by atoms with E-state index < -0.39 is 6.10 Å². The summed E-state index contributed by atoms with van der Waals surface area (Å²) in [5.41, 5.74) is 1.53. The predicted octanol–water partition coefficient (Wildman–Crippen LogP) is 2.43. The number of β-amino-alcohol motifs (C(OH)–C–C–N with tert-alkyl or cyclic N) is 1. The van der Waals surface area contributed by atoms with Crippen molar-refractivity contribution < 1.29 is 19.0 Å². The van der Waals surface area contributed by atoms with Gasteiger partial charge in [0.2, 0.25) is 11.8 Å². The maximum absolute atomic E-state index is 10.6. The van der Waals surface area contributed by atoms with Gasteiger partial charge in [0, 0.05) is 29.6 Å². The van der Waals surface area contributed by atoms with E-state index in [-0.39, 0.29) is 5.41 Å². The van der Waals surface area contributed by atoms with Crippen LogP contribution in [0.5, 0.6) is 11.5 Å². The van der Waals surface area contributed by atoms with E-state index in [0.29, 0.717) is 37.2 Å². The lowest BCUT2D eigenvalue weighted by Crippen LogP contribution is -2.33.